The molecule has 0 unspecified atom stereocenters. The van der Waals surface area contributed by atoms with Gasteiger partial charge in [0, 0.05) is 11.1 Å². The molecule has 0 atom stereocenters. The number of nitrogens with one attached hydrogen (secondary N) is 1. The van der Waals surface area contributed by atoms with Crippen molar-refractivity contribution >= 4 is 57.4 Å². The summed E-state index contributed by atoms with van der Waals surface area (Å²) in [5.74, 6) is -0.190. The quantitative estimate of drug-likeness (QED) is 0.172. The average Bonchev–Trinajstić information content (AvgIpc) is 3.10. The summed E-state index contributed by atoms with van der Waals surface area (Å²) in [6.07, 6.45) is 8.80. The molecule has 1 amide bonds. The van der Waals surface area contributed by atoms with Crippen LogP contribution in [-0.2, 0) is 21.4 Å². The second-order valence-electron chi connectivity index (χ2n) is 8.34. The summed E-state index contributed by atoms with van der Waals surface area (Å²) >= 11 is 12.9. The summed E-state index contributed by atoms with van der Waals surface area (Å²) in [7, 11) is -3.68. The number of nitrogens with zero attached hydrogens (tertiary/aromatic N) is 2. The average molecular weight is 547 g/mol. The summed E-state index contributed by atoms with van der Waals surface area (Å²) in [6, 6.07) is 15.8. The number of amides is 1. The number of halogens is 2. The number of rotatable bonds is 11. The first kappa shape index (κ1) is 27.7. The minimum Gasteiger partial charge on any atom is -0.323 e. The Kier molecular flexibility index (Phi) is 9.93. The monoisotopic (exact) mass is 545 g/mol. The van der Waals surface area contributed by atoms with E-state index in [1.165, 1.54) is 6.08 Å². The topological polar surface area (TPSA) is 81.1 Å². The lowest BCUT2D eigenvalue weighted by Gasteiger charge is -2.11. The lowest BCUT2D eigenvalue weighted by atomic mass is 10.1. The van der Waals surface area contributed by atoms with Crippen LogP contribution < -0.4 is 4.72 Å². The molecule has 0 saturated carbocycles. The maximum Gasteiger partial charge on any atom is 0.257 e. The van der Waals surface area contributed by atoms with Crippen molar-refractivity contribution < 1.29 is 13.2 Å². The summed E-state index contributed by atoms with van der Waals surface area (Å²) in [4.78, 5) is 16.5. The lowest BCUT2D eigenvalue weighted by molar-refractivity contribution is -0.114. The Morgan fingerprint density at radius 1 is 1.03 bits per heavy atom. The number of hydrogen-bond acceptors (Lipinski definition) is 4. The number of benzene rings is 2. The summed E-state index contributed by atoms with van der Waals surface area (Å²) in [5.41, 5.74) is 3.39. The normalized spacial score (nSPS) is 12.0. The van der Waals surface area contributed by atoms with E-state index in [1.807, 2.05) is 72.2 Å². The second-order valence-corrected chi connectivity index (χ2v) is 10.9. The van der Waals surface area contributed by atoms with Gasteiger partial charge in [-0.25, -0.2) is 18.1 Å². The van der Waals surface area contributed by atoms with Gasteiger partial charge >= 0.3 is 0 Å². The number of hydrogen-bond donors (Lipinski definition) is 1. The maximum atomic E-state index is 12.2. The first-order valence-corrected chi connectivity index (χ1v) is 14.1. The van der Waals surface area contributed by atoms with Crippen molar-refractivity contribution in [2.24, 2.45) is 0 Å². The van der Waals surface area contributed by atoms with Gasteiger partial charge in [0.1, 0.15) is 5.82 Å². The smallest absolute Gasteiger partial charge is 0.257 e. The van der Waals surface area contributed by atoms with E-state index >= 15 is 0 Å². The van der Waals surface area contributed by atoms with Gasteiger partial charge in [0.2, 0.25) is 10.0 Å². The molecule has 2 aromatic carbocycles. The highest BCUT2D eigenvalue weighted by atomic mass is 35.5. The molecule has 0 aliphatic rings. The number of aryl methyl sites for hydroxylation is 1. The zero-order valence-corrected chi connectivity index (χ0v) is 22.6. The molecule has 0 aliphatic carbocycles. The molecule has 0 aliphatic heterocycles. The van der Waals surface area contributed by atoms with Crippen molar-refractivity contribution in [3.05, 3.63) is 93.0 Å². The van der Waals surface area contributed by atoms with Crippen molar-refractivity contribution in [3.8, 4) is 0 Å². The van der Waals surface area contributed by atoms with Gasteiger partial charge in [-0.1, -0.05) is 97.6 Å². The zero-order chi connectivity index (χ0) is 26.1. The van der Waals surface area contributed by atoms with Gasteiger partial charge in [0.15, 0.2) is 5.15 Å². The molecule has 1 heterocycles. The van der Waals surface area contributed by atoms with E-state index in [-0.39, 0.29) is 10.9 Å². The van der Waals surface area contributed by atoms with Gasteiger partial charge in [0.25, 0.3) is 5.91 Å². The Bertz CT molecular complexity index is 1360. The number of carbonyl (C=O) groups excluding carboxylic acids is 1. The Labute approximate surface area is 222 Å². The summed E-state index contributed by atoms with van der Waals surface area (Å²) in [6.45, 7) is 4.16. The number of aromatic nitrogens is 2. The Morgan fingerprint density at radius 2 is 1.75 bits per heavy atom. The first-order valence-electron chi connectivity index (χ1n) is 11.6. The van der Waals surface area contributed by atoms with Crippen LogP contribution in [0.4, 0.5) is 0 Å². The molecule has 1 N–H and O–H groups in total. The van der Waals surface area contributed by atoms with E-state index in [0.29, 0.717) is 29.5 Å². The molecule has 190 valence electrons. The van der Waals surface area contributed by atoms with Crippen molar-refractivity contribution in [2.45, 2.75) is 39.7 Å². The van der Waals surface area contributed by atoms with E-state index in [9.17, 15) is 13.2 Å². The molecule has 6 nitrogen and oxygen atoms in total. The predicted octanol–water partition coefficient (Wildman–Crippen LogP) is 6.37. The number of sulfonamides is 1. The van der Waals surface area contributed by atoms with Crippen molar-refractivity contribution in [3.63, 3.8) is 0 Å². The molecule has 1 aromatic heterocycles. The van der Waals surface area contributed by atoms with E-state index in [2.05, 4.69) is 9.71 Å². The highest BCUT2D eigenvalue weighted by Gasteiger charge is 2.15. The zero-order valence-electron chi connectivity index (χ0n) is 20.2. The fourth-order valence-electron chi connectivity index (χ4n) is 3.56. The van der Waals surface area contributed by atoms with Gasteiger partial charge in [0.05, 0.1) is 18.0 Å². The van der Waals surface area contributed by atoms with Gasteiger partial charge in [-0.15, -0.1) is 0 Å². The Balaban J connectivity index is 1.73. The third kappa shape index (κ3) is 8.08. The minimum absolute atomic E-state index is 0.0900. The van der Waals surface area contributed by atoms with Crippen molar-refractivity contribution in [2.75, 3.05) is 5.75 Å². The molecular weight excluding hydrogens is 517 g/mol. The van der Waals surface area contributed by atoms with Crippen LogP contribution in [0.3, 0.4) is 0 Å². The van der Waals surface area contributed by atoms with Crippen LogP contribution in [0.15, 0.2) is 54.6 Å². The molecule has 3 aromatic rings. The van der Waals surface area contributed by atoms with Crippen molar-refractivity contribution in [1.82, 2.24) is 14.3 Å². The standard InChI is InChI=1S/C27H29Cl2N3O3S/c1-3-4-8-17-36(34,35)31-26(33)16-15-25-27(29)30-20(2)32(25)19-23-14-13-22(18-24(23)28)12-11-21-9-6-5-7-10-21/h5-7,9-16,18H,3-4,8,17,19H2,1-2H3,(H,31,33). The van der Waals surface area contributed by atoms with Gasteiger partial charge in [-0.2, -0.15) is 0 Å². The second kappa shape index (κ2) is 12.9. The van der Waals surface area contributed by atoms with E-state index in [4.69, 9.17) is 23.2 Å². The fraction of sp³-hybridized carbons (Fsp3) is 0.259. The number of unbranched alkanes of at least 4 members (excludes halogenated alkanes) is 2. The molecule has 0 fully saturated rings. The first-order chi connectivity index (χ1) is 17.2. The fourth-order valence-corrected chi connectivity index (χ4v) is 5.16. The van der Waals surface area contributed by atoms with Crippen LogP contribution in [0.5, 0.6) is 0 Å². The van der Waals surface area contributed by atoms with Gasteiger partial charge in [-0.05, 0) is 42.2 Å². The van der Waals surface area contributed by atoms with Crippen molar-refractivity contribution in [1.29, 1.82) is 0 Å². The number of carbonyl (C=O) groups is 1. The Morgan fingerprint density at radius 3 is 2.44 bits per heavy atom. The lowest BCUT2D eigenvalue weighted by Crippen LogP contribution is -2.31. The van der Waals surface area contributed by atoms with Crippen LogP contribution in [0.25, 0.3) is 18.2 Å². The molecule has 0 radical (unpaired) electrons. The highest BCUT2D eigenvalue weighted by Crippen LogP contribution is 2.25. The minimum atomic E-state index is -3.68. The SMILES string of the molecule is CCCCCS(=O)(=O)NC(=O)C=Cc1c(Cl)nc(C)n1Cc1ccc(C=Cc2ccccc2)cc1Cl. The molecule has 0 bridgehead atoms. The molecule has 9 heteroatoms. The van der Waals surface area contributed by atoms with E-state index in [0.717, 1.165) is 35.6 Å². The predicted molar refractivity (Wildman–Crippen MR) is 148 cm³/mol. The maximum absolute atomic E-state index is 12.2. The molecular formula is C27H29Cl2N3O3S. The molecule has 36 heavy (non-hydrogen) atoms. The molecule has 0 saturated heterocycles. The van der Waals surface area contributed by atoms with E-state index in [1.54, 1.807) is 6.92 Å². The van der Waals surface area contributed by atoms with Crippen LogP contribution in [0, 0.1) is 6.92 Å². The van der Waals surface area contributed by atoms with Crippen LogP contribution in [0.2, 0.25) is 10.2 Å². The van der Waals surface area contributed by atoms with Gasteiger partial charge < -0.3 is 4.57 Å². The van der Waals surface area contributed by atoms with E-state index < -0.39 is 15.9 Å². The van der Waals surface area contributed by atoms with Crippen LogP contribution >= 0.6 is 23.2 Å². The summed E-state index contributed by atoms with van der Waals surface area (Å²) < 4.78 is 28.0. The number of imidazole rings is 1. The third-order valence-corrected chi connectivity index (χ3v) is 7.46. The molecule has 3 rings (SSSR count). The Hall–Kier alpha value is -2.87. The van der Waals surface area contributed by atoms with Gasteiger partial charge in [-0.3, -0.25) is 4.79 Å². The molecule has 0 spiro atoms. The summed E-state index contributed by atoms with van der Waals surface area (Å²) in [5, 5.41) is 0.793. The highest BCUT2D eigenvalue weighted by molar-refractivity contribution is 7.90. The van der Waals surface area contributed by atoms with Crippen LogP contribution in [-0.4, -0.2) is 29.6 Å². The largest absolute Gasteiger partial charge is 0.323 e. The third-order valence-electron chi connectivity index (χ3n) is 5.49. The van der Waals surface area contributed by atoms with Crippen LogP contribution in [0.1, 0.15) is 54.4 Å².